The van der Waals surface area contributed by atoms with Gasteiger partial charge in [0.1, 0.15) is 61.4 Å². The normalized spacial score (nSPS) is 22.1. The van der Waals surface area contributed by atoms with Crippen LogP contribution in [0.15, 0.2) is 110 Å². The molecule has 8 rings (SSSR count). The zero-order valence-corrected chi connectivity index (χ0v) is 32.0. The van der Waals surface area contributed by atoms with Gasteiger partial charge in [0.25, 0.3) is 0 Å². The third-order valence-electron chi connectivity index (χ3n) is 8.36. The van der Waals surface area contributed by atoms with Crippen LogP contribution < -0.4 is 9.47 Å². The predicted octanol–water partition coefficient (Wildman–Crippen LogP) is 9.33. The fraction of sp³-hybridized carbons (Fsp3) is 0.263. The van der Waals surface area contributed by atoms with Gasteiger partial charge in [0.05, 0.1) is 35.5 Å². The minimum atomic E-state index is -1.02. The molecule has 0 aliphatic carbocycles. The van der Waals surface area contributed by atoms with Crippen molar-refractivity contribution in [1.82, 2.24) is 29.5 Å². The van der Waals surface area contributed by atoms with Crippen molar-refractivity contribution in [3.05, 3.63) is 141 Å². The second kappa shape index (κ2) is 16.6. The molecule has 280 valence electrons. The van der Waals surface area contributed by atoms with Gasteiger partial charge in [-0.2, -0.15) is 10.2 Å². The predicted molar refractivity (Wildman–Crippen MR) is 202 cm³/mol. The van der Waals surface area contributed by atoms with Crippen LogP contribution in [0.4, 0.5) is 0 Å². The maximum Gasteiger partial charge on any atom is 0.217 e. The van der Waals surface area contributed by atoms with Gasteiger partial charge < -0.3 is 28.4 Å². The minimum absolute atomic E-state index is 0.0606. The first-order chi connectivity index (χ1) is 26.1. The second-order valence-corrected chi connectivity index (χ2v) is 14.3. The van der Waals surface area contributed by atoms with Crippen LogP contribution in [0.5, 0.6) is 23.0 Å². The van der Waals surface area contributed by atoms with Crippen LogP contribution >= 0.6 is 46.4 Å². The monoisotopic (exact) mass is 810 g/mol. The van der Waals surface area contributed by atoms with Crippen LogP contribution in [-0.2, 0) is 43.6 Å². The van der Waals surface area contributed by atoms with Crippen LogP contribution in [0, 0.1) is 0 Å². The molecule has 4 aromatic carbocycles. The van der Waals surface area contributed by atoms with Gasteiger partial charge in [-0.3, -0.25) is 0 Å². The number of ether oxygens (including phenoxy) is 6. The van der Waals surface area contributed by atoms with Crippen LogP contribution in [0.25, 0.3) is 0 Å². The van der Waals surface area contributed by atoms with Crippen LogP contribution in [0.3, 0.4) is 0 Å². The Labute approximate surface area is 331 Å². The number of rotatable bonds is 10. The summed E-state index contributed by atoms with van der Waals surface area (Å²) in [5, 5.41) is 10.6. The van der Waals surface area contributed by atoms with Crippen molar-refractivity contribution in [2.75, 3.05) is 13.2 Å². The van der Waals surface area contributed by atoms with Gasteiger partial charge in [-0.1, -0.05) is 46.4 Å². The van der Waals surface area contributed by atoms with Crippen LogP contribution in [-0.4, -0.2) is 55.0 Å². The lowest BCUT2D eigenvalue weighted by Crippen LogP contribution is -2.34. The molecule has 16 heteroatoms. The number of nitrogens with zero attached hydrogens (tertiary/aromatic N) is 6. The lowest BCUT2D eigenvalue weighted by atomic mass is 10.1. The van der Waals surface area contributed by atoms with Gasteiger partial charge in [-0.25, -0.2) is 19.3 Å². The largest absolute Gasteiger partial charge is 0.457 e. The van der Waals surface area contributed by atoms with Gasteiger partial charge in [-0.15, -0.1) is 0 Å². The molecule has 4 heterocycles. The molecular formula is C38H34Cl4N6O6. The van der Waals surface area contributed by atoms with Crippen molar-refractivity contribution in [3.63, 3.8) is 0 Å². The molecule has 0 bridgehead atoms. The topological polar surface area (TPSA) is 117 Å². The summed E-state index contributed by atoms with van der Waals surface area (Å²) >= 11 is 24.9. The standard InChI is InChI=1S/2C19H17Cl2N3O3/c2*1-13-9-25-19(27-13,10-24-12-22-11-23-24)17-7-6-16(8-18(17)21)26-15-4-2-14(20)3-5-15/h2*2-8,11-13H,9-10H2,1H3/t13-,19-;/m0./s1. The molecular weight excluding hydrogens is 778 g/mol. The van der Waals surface area contributed by atoms with E-state index in [2.05, 4.69) is 20.2 Å². The lowest BCUT2D eigenvalue weighted by molar-refractivity contribution is -0.187. The fourth-order valence-electron chi connectivity index (χ4n) is 5.98. The van der Waals surface area contributed by atoms with Crippen molar-refractivity contribution >= 4 is 46.4 Å². The molecule has 0 amide bonds. The summed E-state index contributed by atoms with van der Waals surface area (Å²) in [4.78, 5) is 7.95. The molecule has 2 aromatic heterocycles. The highest BCUT2D eigenvalue weighted by Crippen LogP contribution is 2.42. The Balaban J connectivity index is 0.000000167. The third kappa shape index (κ3) is 8.99. The smallest absolute Gasteiger partial charge is 0.217 e. The summed E-state index contributed by atoms with van der Waals surface area (Å²) in [6.45, 7) is 5.52. The summed E-state index contributed by atoms with van der Waals surface area (Å²) in [6, 6.07) is 25.1. The first-order valence-electron chi connectivity index (χ1n) is 16.8. The molecule has 12 nitrogen and oxygen atoms in total. The molecule has 4 atom stereocenters. The van der Waals surface area contributed by atoms with E-state index in [9.17, 15) is 0 Å². The molecule has 2 fully saturated rings. The molecule has 2 aliphatic heterocycles. The van der Waals surface area contributed by atoms with E-state index in [1.54, 1.807) is 82.7 Å². The van der Waals surface area contributed by atoms with Gasteiger partial charge in [0.2, 0.25) is 11.6 Å². The van der Waals surface area contributed by atoms with E-state index < -0.39 is 11.6 Å². The van der Waals surface area contributed by atoms with Crippen molar-refractivity contribution in [1.29, 1.82) is 0 Å². The van der Waals surface area contributed by atoms with E-state index in [0.29, 0.717) is 80.5 Å². The lowest BCUT2D eigenvalue weighted by Gasteiger charge is -2.29. The Morgan fingerprint density at radius 3 is 1.30 bits per heavy atom. The SMILES string of the molecule is CC1COC(Cn2cncn2)(c2ccc(Oc3ccc(Cl)cc3)cc2Cl)O1.C[C@H]1CO[C@](Cn2cncn2)(c2ccc(Oc3ccc(Cl)cc3)cc2Cl)O1. The summed E-state index contributed by atoms with van der Waals surface area (Å²) < 4.78 is 39.2. The zero-order valence-electron chi connectivity index (χ0n) is 29.0. The summed E-state index contributed by atoms with van der Waals surface area (Å²) in [5.41, 5.74) is 1.43. The van der Waals surface area contributed by atoms with E-state index in [1.807, 2.05) is 38.1 Å². The fourth-order valence-corrected chi connectivity index (χ4v) is 6.86. The van der Waals surface area contributed by atoms with E-state index in [1.165, 1.54) is 12.7 Å². The van der Waals surface area contributed by atoms with Gasteiger partial charge in [0.15, 0.2) is 0 Å². The zero-order chi connectivity index (χ0) is 37.7. The van der Waals surface area contributed by atoms with Crippen molar-refractivity contribution in [2.24, 2.45) is 0 Å². The Morgan fingerprint density at radius 2 is 0.981 bits per heavy atom. The van der Waals surface area contributed by atoms with Crippen LogP contribution in [0.2, 0.25) is 20.1 Å². The molecule has 0 N–H and O–H groups in total. The quantitative estimate of drug-likeness (QED) is 0.133. The van der Waals surface area contributed by atoms with E-state index >= 15 is 0 Å². The molecule has 6 aromatic rings. The Bertz CT molecular complexity index is 1990. The van der Waals surface area contributed by atoms with Crippen molar-refractivity contribution in [2.45, 2.75) is 50.7 Å². The summed E-state index contributed by atoms with van der Waals surface area (Å²) in [5.74, 6) is 0.498. The second-order valence-electron chi connectivity index (χ2n) is 12.6. The minimum Gasteiger partial charge on any atom is -0.457 e. The number of halogens is 4. The number of hydrogen-bond acceptors (Lipinski definition) is 10. The molecule has 2 unspecified atom stereocenters. The molecule has 54 heavy (non-hydrogen) atoms. The highest BCUT2D eigenvalue weighted by molar-refractivity contribution is 6.32. The highest BCUT2D eigenvalue weighted by Gasteiger charge is 2.45. The first-order valence-corrected chi connectivity index (χ1v) is 18.3. The molecule has 0 spiro atoms. The van der Waals surface area contributed by atoms with Gasteiger partial charge >= 0.3 is 0 Å². The molecule has 2 saturated heterocycles. The molecule has 0 radical (unpaired) electrons. The summed E-state index contributed by atoms with van der Waals surface area (Å²) in [7, 11) is 0. The van der Waals surface area contributed by atoms with Crippen LogP contribution in [0.1, 0.15) is 25.0 Å². The Morgan fingerprint density at radius 1 is 0.593 bits per heavy atom. The third-order valence-corrected chi connectivity index (χ3v) is 9.49. The summed E-state index contributed by atoms with van der Waals surface area (Å²) in [6.07, 6.45) is 6.05. The average Bonchev–Trinajstić information content (AvgIpc) is 3.98. The van der Waals surface area contributed by atoms with Crippen molar-refractivity contribution in [3.8, 4) is 23.0 Å². The number of hydrogen-bond donors (Lipinski definition) is 0. The van der Waals surface area contributed by atoms with E-state index in [0.717, 1.165) is 0 Å². The molecule has 0 saturated carbocycles. The van der Waals surface area contributed by atoms with E-state index in [-0.39, 0.29) is 12.2 Å². The number of aromatic nitrogens is 6. The van der Waals surface area contributed by atoms with Crippen molar-refractivity contribution < 1.29 is 28.4 Å². The van der Waals surface area contributed by atoms with Gasteiger partial charge in [0, 0.05) is 21.2 Å². The average molecular weight is 813 g/mol. The van der Waals surface area contributed by atoms with E-state index in [4.69, 9.17) is 74.8 Å². The van der Waals surface area contributed by atoms with Gasteiger partial charge in [-0.05, 0) is 98.8 Å². The molecule has 2 aliphatic rings. The Kier molecular flexibility index (Phi) is 11.7. The first kappa shape index (κ1) is 38.1. The maximum absolute atomic E-state index is 6.57. The maximum atomic E-state index is 6.57. The Hall–Kier alpha value is -4.24. The highest BCUT2D eigenvalue weighted by atomic mass is 35.5. The number of benzene rings is 4.